The largest absolute Gasteiger partial charge is 0.380 e. The Balaban J connectivity index is 2.66. The summed E-state index contributed by atoms with van der Waals surface area (Å²) in [5, 5.41) is 5.91. The molecule has 2 N–H and O–H groups in total. The second-order valence-corrected chi connectivity index (χ2v) is 4.76. The monoisotopic (exact) mass is 250 g/mol. The van der Waals surface area contributed by atoms with Gasteiger partial charge in [-0.3, -0.25) is 4.79 Å². The van der Waals surface area contributed by atoms with E-state index in [0.29, 0.717) is 13.2 Å². The summed E-state index contributed by atoms with van der Waals surface area (Å²) in [6, 6.07) is 7.94. The van der Waals surface area contributed by atoms with Gasteiger partial charge in [0.25, 0.3) is 0 Å². The smallest absolute Gasteiger partial charge is 0.239 e. The second-order valence-electron chi connectivity index (χ2n) is 4.76. The molecule has 0 saturated heterocycles. The zero-order valence-electron chi connectivity index (χ0n) is 11.5. The highest BCUT2D eigenvalue weighted by molar-refractivity contribution is 5.85. The average Bonchev–Trinajstić information content (AvgIpc) is 2.37. The number of nitrogens with one attached hydrogen (secondary N) is 2. The highest BCUT2D eigenvalue weighted by Crippen LogP contribution is 2.10. The van der Waals surface area contributed by atoms with E-state index in [1.807, 2.05) is 38.1 Å². The van der Waals surface area contributed by atoms with E-state index < -0.39 is 5.54 Å². The first kappa shape index (κ1) is 14.7. The molecule has 0 saturated carbocycles. The first-order valence-electron chi connectivity index (χ1n) is 6.04. The molecule has 0 spiro atoms. The molecule has 100 valence electrons. The topological polar surface area (TPSA) is 50.4 Å². The SMILES string of the molecule is CNC(C)(C)C(=O)NCc1ccccc1COC. The summed E-state index contributed by atoms with van der Waals surface area (Å²) in [6.45, 7) is 4.78. The van der Waals surface area contributed by atoms with Crippen LogP contribution < -0.4 is 10.6 Å². The zero-order valence-corrected chi connectivity index (χ0v) is 11.5. The molecule has 1 rings (SSSR count). The summed E-state index contributed by atoms with van der Waals surface area (Å²) in [5.74, 6) is -0.0165. The number of benzene rings is 1. The van der Waals surface area contributed by atoms with Gasteiger partial charge in [-0.2, -0.15) is 0 Å². The van der Waals surface area contributed by atoms with Crippen LogP contribution in [0.15, 0.2) is 24.3 Å². The fourth-order valence-corrected chi connectivity index (χ4v) is 1.54. The van der Waals surface area contributed by atoms with Gasteiger partial charge in [0.2, 0.25) is 5.91 Å². The molecule has 0 aliphatic rings. The Hall–Kier alpha value is -1.39. The molecule has 0 radical (unpaired) electrons. The van der Waals surface area contributed by atoms with Crippen LogP contribution in [0.4, 0.5) is 0 Å². The van der Waals surface area contributed by atoms with Gasteiger partial charge in [-0.1, -0.05) is 24.3 Å². The number of rotatable bonds is 6. The van der Waals surface area contributed by atoms with E-state index in [9.17, 15) is 4.79 Å². The normalized spacial score (nSPS) is 11.3. The number of likely N-dealkylation sites (N-methyl/N-ethyl adjacent to an activating group) is 1. The van der Waals surface area contributed by atoms with Crippen molar-refractivity contribution >= 4 is 5.91 Å². The number of carbonyl (C=O) groups is 1. The minimum Gasteiger partial charge on any atom is -0.380 e. The van der Waals surface area contributed by atoms with Gasteiger partial charge in [0.1, 0.15) is 0 Å². The second kappa shape index (κ2) is 6.52. The molecule has 0 heterocycles. The van der Waals surface area contributed by atoms with Gasteiger partial charge in [0.05, 0.1) is 12.1 Å². The Bertz CT molecular complexity index is 403. The Morgan fingerprint density at radius 1 is 1.28 bits per heavy atom. The highest BCUT2D eigenvalue weighted by atomic mass is 16.5. The van der Waals surface area contributed by atoms with Gasteiger partial charge in [-0.15, -0.1) is 0 Å². The van der Waals surface area contributed by atoms with E-state index in [1.54, 1.807) is 14.2 Å². The van der Waals surface area contributed by atoms with Crippen LogP contribution in [-0.2, 0) is 22.7 Å². The van der Waals surface area contributed by atoms with Crippen molar-refractivity contribution in [2.75, 3.05) is 14.2 Å². The molecular formula is C14H22N2O2. The van der Waals surface area contributed by atoms with E-state index >= 15 is 0 Å². The molecule has 1 amide bonds. The van der Waals surface area contributed by atoms with E-state index in [4.69, 9.17) is 4.74 Å². The van der Waals surface area contributed by atoms with Crippen molar-refractivity contribution in [3.63, 3.8) is 0 Å². The van der Waals surface area contributed by atoms with Crippen molar-refractivity contribution in [1.29, 1.82) is 0 Å². The maximum atomic E-state index is 11.9. The van der Waals surface area contributed by atoms with Gasteiger partial charge >= 0.3 is 0 Å². The molecule has 0 aliphatic heterocycles. The molecule has 0 atom stereocenters. The van der Waals surface area contributed by atoms with Gasteiger partial charge in [-0.05, 0) is 32.0 Å². The molecule has 4 heteroatoms. The third-order valence-electron chi connectivity index (χ3n) is 3.05. The van der Waals surface area contributed by atoms with E-state index in [2.05, 4.69) is 10.6 Å². The number of ether oxygens (including phenoxy) is 1. The first-order valence-corrected chi connectivity index (χ1v) is 6.04. The van der Waals surface area contributed by atoms with Gasteiger partial charge < -0.3 is 15.4 Å². The van der Waals surface area contributed by atoms with Crippen LogP contribution in [0.3, 0.4) is 0 Å². The van der Waals surface area contributed by atoms with Crippen LogP contribution in [-0.4, -0.2) is 25.6 Å². The molecule has 0 aromatic heterocycles. The quantitative estimate of drug-likeness (QED) is 0.803. The summed E-state index contributed by atoms with van der Waals surface area (Å²) < 4.78 is 5.14. The fourth-order valence-electron chi connectivity index (χ4n) is 1.54. The van der Waals surface area contributed by atoms with E-state index in [-0.39, 0.29) is 5.91 Å². The molecular weight excluding hydrogens is 228 g/mol. The molecule has 4 nitrogen and oxygen atoms in total. The predicted octanol–water partition coefficient (Wildman–Crippen LogP) is 1.45. The molecule has 0 fully saturated rings. The highest BCUT2D eigenvalue weighted by Gasteiger charge is 2.24. The van der Waals surface area contributed by atoms with Crippen molar-refractivity contribution in [2.45, 2.75) is 32.5 Å². The maximum Gasteiger partial charge on any atom is 0.239 e. The average molecular weight is 250 g/mol. The first-order chi connectivity index (χ1) is 8.51. The van der Waals surface area contributed by atoms with E-state index in [1.165, 1.54) is 0 Å². The molecule has 0 aliphatic carbocycles. The Morgan fingerprint density at radius 3 is 2.44 bits per heavy atom. The third-order valence-corrected chi connectivity index (χ3v) is 3.05. The van der Waals surface area contributed by atoms with Crippen LogP contribution in [0, 0.1) is 0 Å². The van der Waals surface area contributed by atoms with Crippen molar-refractivity contribution in [3.8, 4) is 0 Å². The summed E-state index contributed by atoms with van der Waals surface area (Å²) in [5.41, 5.74) is 1.62. The van der Waals surface area contributed by atoms with Crippen molar-refractivity contribution in [2.24, 2.45) is 0 Å². The fraction of sp³-hybridized carbons (Fsp3) is 0.500. The third kappa shape index (κ3) is 3.82. The molecule has 0 unspecified atom stereocenters. The van der Waals surface area contributed by atoms with Crippen LogP contribution in [0.5, 0.6) is 0 Å². The van der Waals surface area contributed by atoms with Gasteiger partial charge in [0.15, 0.2) is 0 Å². The summed E-state index contributed by atoms with van der Waals surface area (Å²) in [6.07, 6.45) is 0. The standard InChI is InChI=1S/C14H22N2O2/c1-14(2,15-3)13(17)16-9-11-7-5-6-8-12(11)10-18-4/h5-8,15H,9-10H2,1-4H3,(H,16,17). The van der Waals surface area contributed by atoms with E-state index in [0.717, 1.165) is 11.1 Å². The summed E-state index contributed by atoms with van der Waals surface area (Å²) >= 11 is 0. The number of hydrogen-bond acceptors (Lipinski definition) is 3. The van der Waals surface area contributed by atoms with Crippen LogP contribution in [0.1, 0.15) is 25.0 Å². The molecule has 18 heavy (non-hydrogen) atoms. The lowest BCUT2D eigenvalue weighted by Gasteiger charge is -2.23. The number of methoxy groups -OCH3 is 1. The Morgan fingerprint density at radius 2 is 1.89 bits per heavy atom. The van der Waals surface area contributed by atoms with Crippen molar-refractivity contribution in [3.05, 3.63) is 35.4 Å². The minimum absolute atomic E-state index is 0.0165. The molecule has 1 aromatic carbocycles. The Kier molecular flexibility index (Phi) is 5.31. The number of hydrogen-bond donors (Lipinski definition) is 2. The summed E-state index contributed by atoms with van der Waals surface area (Å²) in [7, 11) is 3.44. The van der Waals surface area contributed by atoms with Gasteiger partial charge in [0, 0.05) is 13.7 Å². The zero-order chi connectivity index (χ0) is 13.6. The predicted molar refractivity (Wildman–Crippen MR) is 72.1 cm³/mol. The van der Waals surface area contributed by atoms with Gasteiger partial charge in [-0.25, -0.2) is 0 Å². The minimum atomic E-state index is -0.559. The van der Waals surface area contributed by atoms with Crippen molar-refractivity contribution < 1.29 is 9.53 Å². The lowest BCUT2D eigenvalue weighted by Crippen LogP contribution is -2.50. The number of carbonyl (C=O) groups excluding carboxylic acids is 1. The van der Waals surface area contributed by atoms with Crippen LogP contribution >= 0.6 is 0 Å². The van der Waals surface area contributed by atoms with Crippen molar-refractivity contribution in [1.82, 2.24) is 10.6 Å². The maximum absolute atomic E-state index is 11.9. The molecule has 1 aromatic rings. The van der Waals surface area contributed by atoms with Crippen LogP contribution in [0.2, 0.25) is 0 Å². The molecule has 0 bridgehead atoms. The lowest BCUT2D eigenvalue weighted by atomic mass is 10.0. The van der Waals surface area contributed by atoms with Crippen LogP contribution in [0.25, 0.3) is 0 Å². The Labute approximate surface area is 109 Å². The summed E-state index contributed by atoms with van der Waals surface area (Å²) in [4.78, 5) is 11.9. The lowest BCUT2D eigenvalue weighted by molar-refractivity contribution is -0.126. The number of amides is 1.